The number of aromatic nitrogens is 1. The predicted molar refractivity (Wildman–Crippen MR) is 82.9 cm³/mol. The molecule has 1 amide bonds. The first-order valence-corrected chi connectivity index (χ1v) is 7.56. The van der Waals surface area contributed by atoms with Crippen molar-refractivity contribution in [2.45, 2.75) is 59.5 Å². The molecule has 1 saturated heterocycles. The minimum absolute atomic E-state index is 0.0277. The van der Waals surface area contributed by atoms with E-state index in [2.05, 4.69) is 56.9 Å². The van der Waals surface area contributed by atoms with E-state index in [9.17, 15) is 4.79 Å². The van der Waals surface area contributed by atoms with Crippen LogP contribution in [-0.4, -0.2) is 34.1 Å². The maximum atomic E-state index is 12.6. The van der Waals surface area contributed by atoms with Crippen molar-refractivity contribution in [1.82, 2.24) is 10.1 Å². The second kappa shape index (κ2) is 5.44. The number of hydrogen-bond acceptors (Lipinski definition) is 4. The Morgan fingerprint density at radius 3 is 2.48 bits per heavy atom. The lowest BCUT2D eigenvalue weighted by Crippen LogP contribution is -2.49. The Bertz CT molecular complexity index is 483. The number of rotatable bonds is 2. The molecule has 1 unspecified atom stereocenters. The Balaban J connectivity index is 2.16. The zero-order valence-electron chi connectivity index (χ0n) is 13.9. The molecule has 2 atom stereocenters. The summed E-state index contributed by atoms with van der Waals surface area (Å²) in [6, 6.07) is -0.107. The number of amides is 1. The van der Waals surface area contributed by atoms with E-state index in [4.69, 9.17) is 4.52 Å². The van der Waals surface area contributed by atoms with Crippen LogP contribution in [0, 0.1) is 11.3 Å². The maximum Gasteiger partial charge on any atom is 0.241 e. The number of anilines is 1. The normalized spacial score (nSPS) is 24.3. The zero-order chi connectivity index (χ0) is 15.8. The topological polar surface area (TPSA) is 58.4 Å². The molecule has 0 spiro atoms. The minimum Gasteiger partial charge on any atom is -0.363 e. The molecule has 5 nitrogen and oxygen atoms in total. The van der Waals surface area contributed by atoms with Crippen LogP contribution in [0.5, 0.6) is 0 Å². The molecule has 1 aromatic rings. The first-order chi connectivity index (χ1) is 9.59. The third kappa shape index (κ3) is 3.64. The maximum absolute atomic E-state index is 12.6. The van der Waals surface area contributed by atoms with Gasteiger partial charge in [0.2, 0.25) is 5.91 Å². The zero-order valence-corrected chi connectivity index (χ0v) is 13.9. The lowest BCUT2D eigenvalue weighted by atomic mass is 9.79. The Hall–Kier alpha value is -1.36. The summed E-state index contributed by atoms with van der Waals surface area (Å²) >= 11 is 0. The van der Waals surface area contributed by atoms with E-state index in [1.165, 1.54) is 12.5 Å². The molecule has 1 N–H and O–H groups in total. The second-order valence-electron chi connectivity index (χ2n) is 8.04. The molecule has 21 heavy (non-hydrogen) atoms. The molecule has 5 heteroatoms. The van der Waals surface area contributed by atoms with Crippen LogP contribution >= 0.6 is 0 Å². The predicted octanol–water partition coefficient (Wildman–Crippen LogP) is 3.15. The van der Waals surface area contributed by atoms with Gasteiger partial charge in [-0.1, -0.05) is 25.9 Å². The Morgan fingerprint density at radius 2 is 2.00 bits per heavy atom. The summed E-state index contributed by atoms with van der Waals surface area (Å²) in [5.41, 5.74) is 0.792. The third-order valence-corrected chi connectivity index (χ3v) is 4.39. The first kappa shape index (κ1) is 16.0. The quantitative estimate of drug-likeness (QED) is 0.910. The third-order valence-electron chi connectivity index (χ3n) is 4.39. The highest BCUT2D eigenvalue weighted by Crippen LogP contribution is 2.40. The monoisotopic (exact) mass is 293 g/mol. The van der Waals surface area contributed by atoms with E-state index in [1.54, 1.807) is 0 Å². The fourth-order valence-corrected chi connectivity index (χ4v) is 2.95. The van der Waals surface area contributed by atoms with E-state index < -0.39 is 0 Å². The number of nitrogens with zero attached hydrogens (tertiary/aromatic N) is 2. The van der Waals surface area contributed by atoms with E-state index in [0.29, 0.717) is 11.6 Å². The molecule has 2 rings (SSSR count). The van der Waals surface area contributed by atoms with Crippen molar-refractivity contribution < 1.29 is 9.32 Å². The molecule has 1 aromatic heterocycles. The van der Waals surface area contributed by atoms with Crippen molar-refractivity contribution in [2.24, 2.45) is 11.3 Å². The highest BCUT2D eigenvalue weighted by Gasteiger charge is 2.45. The van der Waals surface area contributed by atoms with Gasteiger partial charge in [-0.15, -0.1) is 0 Å². The highest BCUT2D eigenvalue weighted by atomic mass is 16.5. The number of hydrogen-bond donors (Lipinski definition) is 1. The van der Waals surface area contributed by atoms with E-state index in [-0.39, 0.29) is 22.9 Å². The Morgan fingerprint density at radius 1 is 1.33 bits per heavy atom. The van der Waals surface area contributed by atoms with Crippen molar-refractivity contribution in [3.63, 3.8) is 0 Å². The van der Waals surface area contributed by atoms with Crippen LogP contribution < -0.4 is 5.32 Å². The molecule has 0 radical (unpaired) electrons. The van der Waals surface area contributed by atoms with Gasteiger partial charge in [0.1, 0.15) is 12.0 Å². The minimum atomic E-state index is -0.107. The van der Waals surface area contributed by atoms with Gasteiger partial charge >= 0.3 is 0 Å². The van der Waals surface area contributed by atoms with Crippen LogP contribution in [0.15, 0.2) is 17.0 Å². The number of likely N-dealkylation sites (tertiary alicyclic amines) is 1. The second-order valence-corrected chi connectivity index (χ2v) is 8.04. The van der Waals surface area contributed by atoms with E-state index in [1.807, 2.05) is 0 Å². The lowest BCUT2D eigenvalue weighted by Gasteiger charge is -2.36. The van der Waals surface area contributed by atoms with Gasteiger partial charge < -0.3 is 9.84 Å². The van der Waals surface area contributed by atoms with Crippen molar-refractivity contribution in [2.75, 3.05) is 11.9 Å². The number of carbonyl (C=O) groups is 1. The van der Waals surface area contributed by atoms with Crippen molar-refractivity contribution in [1.29, 1.82) is 0 Å². The van der Waals surface area contributed by atoms with Gasteiger partial charge in [-0.3, -0.25) is 9.69 Å². The summed E-state index contributed by atoms with van der Waals surface area (Å²) < 4.78 is 4.77. The standard InChI is InChI=1S/C16H27N3O2/c1-15(2,3)11-7-13(19(9-11)16(4,5)6)14(20)18-12-8-17-21-10-12/h8,10-11,13H,7,9H2,1-6H3,(H,18,20)/t11?,13-/m0/s1. The average molecular weight is 293 g/mol. The Kier molecular flexibility index (Phi) is 4.15. The van der Waals surface area contributed by atoms with E-state index in [0.717, 1.165) is 13.0 Å². The summed E-state index contributed by atoms with van der Waals surface area (Å²) in [6.07, 6.45) is 3.86. The van der Waals surface area contributed by atoms with Gasteiger partial charge in [-0.25, -0.2) is 0 Å². The molecule has 0 bridgehead atoms. The van der Waals surface area contributed by atoms with Crippen molar-refractivity contribution in [3.05, 3.63) is 12.5 Å². The fourth-order valence-electron chi connectivity index (χ4n) is 2.95. The average Bonchev–Trinajstić information content (AvgIpc) is 2.94. The summed E-state index contributed by atoms with van der Waals surface area (Å²) in [6.45, 7) is 14.2. The summed E-state index contributed by atoms with van der Waals surface area (Å²) in [7, 11) is 0. The summed E-state index contributed by atoms with van der Waals surface area (Å²) in [4.78, 5) is 14.9. The molecule has 2 heterocycles. The molecule has 0 aromatic carbocycles. The van der Waals surface area contributed by atoms with Crippen LogP contribution in [0.25, 0.3) is 0 Å². The van der Waals surface area contributed by atoms with Gasteiger partial charge in [0, 0.05) is 12.1 Å². The van der Waals surface area contributed by atoms with Gasteiger partial charge in [0.05, 0.1) is 12.2 Å². The highest BCUT2D eigenvalue weighted by molar-refractivity contribution is 5.94. The number of nitrogens with one attached hydrogen (secondary N) is 1. The number of carbonyl (C=O) groups excluding carboxylic acids is 1. The van der Waals surface area contributed by atoms with E-state index >= 15 is 0 Å². The molecule has 1 aliphatic heterocycles. The van der Waals surface area contributed by atoms with Gasteiger partial charge in [-0.05, 0) is 38.5 Å². The van der Waals surface area contributed by atoms with Crippen molar-refractivity contribution in [3.8, 4) is 0 Å². The SMILES string of the molecule is CC(C)(C)C1C[C@@H](C(=O)Nc2cnoc2)N(C(C)(C)C)C1. The van der Waals surface area contributed by atoms with Gasteiger partial charge in [0.25, 0.3) is 0 Å². The van der Waals surface area contributed by atoms with Crippen LogP contribution in [0.1, 0.15) is 48.0 Å². The molecule has 1 fully saturated rings. The Labute approximate surface area is 127 Å². The summed E-state index contributed by atoms with van der Waals surface area (Å²) in [5.74, 6) is 0.537. The largest absolute Gasteiger partial charge is 0.363 e. The van der Waals surface area contributed by atoms with Gasteiger partial charge in [-0.2, -0.15) is 0 Å². The van der Waals surface area contributed by atoms with Crippen LogP contribution in [0.3, 0.4) is 0 Å². The first-order valence-electron chi connectivity index (χ1n) is 7.56. The molecule has 118 valence electrons. The fraction of sp³-hybridized carbons (Fsp3) is 0.750. The molecule has 0 aliphatic carbocycles. The van der Waals surface area contributed by atoms with Crippen LogP contribution in [0.2, 0.25) is 0 Å². The van der Waals surface area contributed by atoms with Gasteiger partial charge in [0.15, 0.2) is 0 Å². The van der Waals surface area contributed by atoms with Crippen LogP contribution in [0.4, 0.5) is 5.69 Å². The van der Waals surface area contributed by atoms with Crippen LogP contribution in [-0.2, 0) is 4.79 Å². The lowest BCUT2D eigenvalue weighted by molar-refractivity contribution is -0.121. The summed E-state index contributed by atoms with van der Waals surface area (Å²) in [5, 5.41) is 6.52. The van der Waals surface area contributed by atoms with Crippen molar-refractivity contribution >= 4 is 11.6 Å². The molecular formula is C16H27N3O2. The molecule has 1 aliphatic rings. The molecular weight excluding hydrogens is 266 g/mol. The smallest absolute Gasteiger partial charge is 0.241 e. The molecule has 0 saturated carbocycles.